The summed E-state index contributed by atoms with van der Waals surface area (Å²) in [5.41, 5.74) is 4.56. The lowest BCUT2D eigenvalue weighted by Crippen LogP contribution is -2.25. The van der Waals surface area contributed by atoms with Crippen molar-refractivity contribution in [3.63, 3.8) is 0 Å². The Morgan fingerprint density at radius 1 is 1.41 bits per heavy atom. The van der Waals surface area contributed by atoms with Gasteiger partial charge < -0.3 is 0 Å². The number of aryl methyl sites for hydroxylation is 1. The highest BCUT2D eigenvalue weighted by atomic mass is 79.9. The lowest BCUT2D eigenvalue weighted by molar-refractivity contribution is 0.397. The van der Waals surface area contributed by atoms with E-state index >= 15 is 0 Å². The van der Waals surface area contributed by atoms with Crippen molar-refractivity contribution in [3.05, 3.63) is 44.4 Å². The molecule has 1 aromatic rings. The van der Waals surface area contributed by atoms with Gasteiger partial charge in [0.1, 0.15) is 0 Å². The third kappa shape index (κ3) is 2.26. The Kier molecular flexibility index (Phi) is 3.84. The Morgan fingerprint density at radius 2 is 2.12 bits per heavy atom. The van der Waals surface area contributed by atoms with Crippen LogP contribution in [-0.4, -0.2) is 0 Å². The van der Waals surface area contributed by atoms with Gasteiger partial charge in [0.15, 0.2) is 0 Å². The smallest absolute Gasteiger partial charge is 0.0207 e. The first kappa shape index (κ1) is 13.4. The normalized spacial score (nSPS) is 31.1. The molecule has 0 saturated heterocycles. The van der Waals surface area contributed by atoms with Gasteiger partial charge in [-0.2, -0.15) is 0 Å². The molecule has 2 unspecified atom stereocenters. The molecule has 0 heterocycles. The predicted octanol–water partition coefficient (Wildman–Crippen LogP) is 5.72. The quantitative estimate of drug-likeness (QED) is 0.602. The molecule has 2 atom stereocenters. The SMILES string of the molecule is Cc1ccc(C2(C)CCC(=CBr)C2C)cc1Br. The van der Waals surface area contributed by atoms with Gasteiger partial charge in [-0.15, -0.1) is 0 Å². The van der Waals surface area contributed by atoms with Crippen LogP contribution < -0.4 is 0 Å². The molecular formula is C15H18Br2. The summed E-state index contributed by atoms with van der Waals surface area (Å²) in [4.78, 5) is 2.12. The molecule has 1 aliphatic carbocycles. The van der Waals surface area contributed by atoms with Crippen molar-refractivity contribution in [1.82, 2.24) is 0 Å². The summed E-state index contributed by atoms with van der Waals surface area (Å²) in [6.07, 6.45) is 2.44. The maximum atomic E-state index is 3.65. The Morgan fingerprint density at radius 3 is 2.65 bits per heavy atom. The first-order valence-electron chi connectivity index (χ1n) is 6.05. The summed E-state index contributed by atoms with van der Waals surface area (Å²) in [5, 5.41) is 0. The molecule has 1 fully saturated rings. The summed E-state index contributed by atoms with van der Waals surface area (Å²) in [5.74, 6) is 0.608. The van der Waals surface area contributed by atoms with Gasteiger partial charge in [-0.1, -0.05) is 63.4 Å². The van der Waals surface area contributed by atoms with Crippen LogP contribution in [0.2, 0.25) is 0 Å². The molecule has 1 aliphatic rings. The van der Waals surface area contributed by atoms with Crippen molar-refractivity contribution in [2.75, 3.05) is 0 Å². The van der Waals surface area contributed by atoms with E-state index in [1.54, 1.807) is 0 Å². The second-order valence-electron chi connectivity index (χ2n) is 5.29. The molecule has 0 aliphatic heterocycles. The number of benzene rings is 1. The Balaban J connectivity index is 2.42. The highest BCUT2D eigenvalue weighted by Gasteiger charge is 2.40. The lowest BCUT2D eigenvalue weighted by Gasteiger charge is -2.30. The molecular weight excluding hydrogens is 340 g/mol. The van der Waals surface area contributed by atoms with E-state index in [0.717, 1.165) is 0 Å². The zero-order chi connectivity index (χ0) is 12.6. The van der Waals surface area contributed by atoms with Crippen LogP contribution in [0.3, 0.4) is 0 Å². The topological polar surface area (TPSA) is 0 Å². The van der Waals surface area contributed by atoms with Crippen LogP contribution in [0.4, 0.5) is 0 Å². The zero-order valence-corrected chi connectivity index (χ0v) is 13.7. The molecule has 1 aromatic carbocycles. The van der Waals surface area contributed by atoms with Gasteiger partial charge in [0.05, 0.1) is 0 Å². The third-order valence-corrected chi connectivity index (χ3v) is 5.86. The van der Waals surface area contributed by atoms with Gasteiger partial charge in [0, 0.05) is 4.47 Å². The fourth-order valence-electron chi connectivity index (χ4n) is 2.74. The second kappa shape index (κ2) is 4.89. The Bertz CT molecular complexity index is 462. The maximum absolute atomic E-state index is 3.65. The summed E-state index contributed by atoms with van der Waals surface area (Å²) >= 11 is 7.14. The predicted molar refractivity (Wildman–Crippen MR) is 81.6 cm³/mol. The Hall–Kier alpha value is -0.0800. The highest BCUT2D eigenvalue weighted by Crippen LogP contribution is 2.48. The summed E-state index contributed by atoms with van der Waals surface area (Å²) < 4.78 is 1.22. The van der Waals surface area contributed by atoms with Crippen LogP contribution in [0.25, 0.3) is 0 Å². The number of allylic oxidation sites excluding steroid dienone is 1. The second-order valence-corrected chi connectivity index (χ2v) is 6.60. The van der Waals surface area contributed by atoms with E-state index in [-0.39, 0.29) is 5.41 Å². The van der Waals surface area contributed by atoms with E-state index in [1.165, 1.54) is 34.0 Å². The average Bonchev–Trinajstić information content (AvgIpc) is 2.60. The van der Waals surface area contributed by atoms with Crippen LogP contribution in [-0.2, 0) is 5.41 Å². The van der Waals surface area contributed by atoms with Crippen LogP contribution in [0.1, 0.15) is 37.8 Å². The molecule has 0 radical (unpaired) electrons. The molecule has 2 rings (SSSR count). The molecule has 1 saturated carbocycles. The van der Waals surface area contributed by atoms with Crippen LogP contribution in [0.15, 0.2) is 33.2 Å². The van der Waals surface area contributed by atoms with Crippen molar-refractivity contribution in [2.45, 2.75) is 39.0 Å². The molecule has 2 heteroatoms. The summed E-state index contributed by atoms with van der Waals surface area (Å²) in [6.45, 7) is 6.87. The van der Waals surface area contributed by atoms with Crippen molar-refractivity contribution < 1.29 is 0 Å². The van der Waals surface area contributed by atoms with Gasteiger partial charge >= 0.3 is 0 Å². The monoisotopic (exact) mass is 356 g/mol. The molecule has 0 spiro atoms. The van der Waals surface area contributed by atoms with E-state index in [9.17, 15) is 0 Å². The Labute approximate surface area is 121 Å². The fraction of sp³-hybridized carbons (Fsp3) is 0.467. The third-order valence-electron chi connectivity index (χ3n) is 4.42. The number of hydrogen-bond acceptors (Lipinski definition) is 0. The van der Waals surface area contributed by atoms with E-state index in [4.69, 9.17) is 0 Å². The molecule has 0 bridgehead atoms. The largest absolute Gasteiger partial charge is 0.0596 e. The van der Waals surface area contributed by atoms with Crippen molar-refractivity contribution in [2.24, 2.45) is 5.92 Å². The lowest BCUT2D eigenvalue weighted by atomic mass is 9.74. The van der Waals surface area contributed by atoms with Gasteiger partial charge in [-0.25, -0.2) is 0 Å². The summed E-state index contributed by atoms with van der Waals surface area (Å²) in [7, 11) is 0. The minimum absolute atomic E-state index is 0.274. The van der Waals surface area contributed by atoms with Crippen molar-refractivity contribution in [3.8, 4) is 0 Å². The first-order valence-corrected chi connectivity index (χ1v) is 7.75. The summed E-state index contributed by atoms with van der Waals surface area (Å²) in [6, 6.07) is 6.80. The van der Waals surface area contributed by atoms with Crippen molar-refractivity contribution in [1.29, 1.82) is 0 Å². The molecule has 92 valence electrons. The van der Waals surface area contributed by atoms with Crippen LogP contribution in [0, 0.1) is 12.8 Å². The molecule has 0 aromatic heterocycles. The van der Waals surface area contributed by atoms with Gasteiger partial charge in [0.25, 0.3) is 0 Å². The molecule has 0 amide bonds. The molecule has 0 nitrogen and oxygen atoms in total. The van der Waals surface area contributed by atoms with E-state index in [1.807, 2.05) is 0 Å². The van der Waals surface area contributed by atoms with E-state index in [2.05, 4.69) is 75.8 Å². The van der Waals surface area contributed by atoms with E-state index in [0.29, 0.717) is 5.92 Å². The average molecular weight is 358 g/mol. The van der Waals surface area contributed by atoms with Gasteiger partial charge in [-0.3, -0.25) is 0 Å². The van der Waals surface area contributed by atoms with Crippen LogP contribution in [0.5, 0.6) is 0 Å². The van der Waals surface area contributed by atoms with E-state index < -0.39 is 0 Å². The maximum Gasteiger partial charge on any atom is 0.0207 e. The van der Waals surface area contributed by atoms with Crippen LogP contribution >= 0.6 is 31.9 Å². The number of rotatable bonds is 1. The minimum Gasteiger partial charge on any atom is -0.0596 e. The minimum atomic E-state index is 0.274. The van der Waals surface area contributed by atoms with Gasteiger partial charge in [-0.05, 0) is 53.3 Å². The van der Waals surface area contributed by atoms with Crippen molar-refractivity contribution >= 4 is 31.9 Å². The van der Waals surface area contributed by atoms with Gasteiger partial charge in [0.2, 0.25) is 0 Å². The molecule has 0 N–H and O–H groups in total. The highest BCUT2D eigenvalue weighted by molar-refractivity contribution is 9.11. The first-order chi connectivity index (χ1) is 7.99. The fourth-order valence-corrected chi connectivity index (χ4v) is 3.74. The zero-order valence-electron chi connectivity index (χ0n) is 10.6. The molecule has 17 heavy (non-hydrogen) atoms. The number of hydrogen-bond donors (Lipinski definition) is 0. The standard InChI is InChI=1S/C15H18Br2/c1-10-4-5-13(8-14(10)17)15(3)7-6-12(9-16)11(15)2/h4-5,8-9,11H,6-7H2,1-3H3. The number of halogens is 2.